The van der Waals surface area contributed by atoms with Gasteiger partial charge in [-0.2, -0.15) is 5.10 Å². The summed E-state index contributed by atoms with van der Waals surface area (Å²) in [6, 6.07) is 15.1. The van der Waals surface area contributed by atoms with Gasteiger partial charge in [-0.15, -0.1) is 0 Å². The summed E-state index contributed by atoms with van der Waals surface area (Å²) in [6.07, 6.45) is 1.72. The molecule has 0 radical (unpaired) electrons. The zero-order chi connectivity index (χ0) is 19.7. The molecule has 1 aromatic carbocycles. The smallest absolute Gasteiger partial charge is 0.252 e. The Balaban J connectivity index is 1.71. The number of nitrogens with one attached hydrogen (secondary N) is 1. The van der Waals surface area contributed by atoms with Crippen LogP contribution >= 0.6 is 0 Å². The summed E-state index contributed by atoms with van der Waals surface area (Å²) in [7, 11) is 1.91. The van der Waals surface area contributed by atoms with Crippen molar-refractivity contribution in [3.63, 3.8) is 0 Å². The average molecular weight is 371 g/mol. The number of aromatic nitrogens is 4. The molecule has 0 unspecified atom stereocenters. The number of hydrogen-bond donors (Lipinski definition) is 1. The van der Waals surface area contributed by atoms with E-state index in [-0.39, 0.29) is 5.91 Å². The molecule has 0 atom stereocenters. The first-order valence-electron chi connectivity index (χ1n) is 9.13. The number of benzene rings is 1. The zero-order valence-electron chi connectivity index (χ0n) is 16.1. The number of carbonyl (C=O) groups is 1. The third-order valence-corrected chi connectivity index (χ3v) is 4.97. The standard InChI is InChI=1S/C22H21N5O/c1-14-18(15(2)27(3)26-14)13-24-22(28)17-12-21(20-10-6-7-11-23-20)25-19-9-5-4-8-16(17)19/h4-12H,13H2,1-3H3,(H,24,28). The van der Waals surface area contributed by atoms with Gasteiger partial charge >= 0.3 is 0 Å². The molecule has 140 valence electrons. The monoisotopic (exact) mass is 371 g/mol. The number of carbonyl (C=O) groups excluding carboxylic acids is 1. The van der Waals surface area contributed by atoms with Crippen LogP contribution in [-0.4, -0.2) is 25.7 Å². The predicted molar refractivity (Wildman–Crippen MR) is 109 cm³/mol. The molecule has 0 bridgehead atoms. The molecule has 0 aliphatic carbocycles. The van der Waals surface area contributed by atoms with E-state index in [1.807, 2.05) is 74.1 Å². The van der Waals surface area contributed by atoms with Gasteiger partial charge in [0.25, 0.3) is 5.91 Å². The lowest BCUT2D eigenvalue weighted by Crippen LogP contribution is -2.24. The van der Waals surface area contributed by atoms with Gasteiger partial charge in [0.2, 0.25) is 0 Å². The van der Waals surface area contributed by atoms with E-state index in [4.69, 9.17) is 0 Å². The Morgan fingerprint density at radius 1 is 1.07 bits per heavy atom. The van der Waals surface area contributed by atoms with Crippen molar-refractivity contribution in [1.29, 1.82) is 0 Å². The first kappa shape index (κ1) is 17.9. The summed E-state index contributed by atoms with van der Waals surface area (Å²) in [5, 5.41) is 8.27. The minimum Gasteiger partial charge on any atom is -0.348 e. The van der Waals surface area contributed by atoms with Crippen LogP contribution in [0, 0.1) is 13.8 Å². The van der Waals surface area contributed by atoms with E-state index in [1.54, 1.807) is 6.20 Å². The fourth-order valence-electron chi connectivity index (χ4n) is 3.35. The first-order valence-corrected chi connectivity index (χ1v) is 9.13. The highest BCUT2D eigenvalue weighted by Gasteiger charge is 2.16. The van der Waals surface area contributed by atoms with E-state index in [9.17, 15) is 4.79 Å². The number of aryl methyl sites for hydroxylation is 2. The van der Waals surface area contributed by atoms with Crippen LogP contribution in [0.5, 0.6) is 0 Å². The Labute approximate surface area is 163 Å². The van der Waals surface area contributed by atoms with E-state index in [0.29, 0.717) is 17.8 Å². The SMILES string of the molecule is Cc1nn(C)c(C)c1CNC(=O)c1cc(-c2ccccn2)nc2ccccc12. The number of rotatable bonds is 4. The molecule has 1 amide bonds. The maximum absolute atomic E-state index is 13.1. The second kappa shape index (κ2) is 7.23. The molecule has 6 heteroatoms. The lowest BCUT2D eigenvalue weighted by Gasteiger charge is -2.11. The van der Waals surface area contributed by atoms with Crippen molar-refractivity contribution in [3.8, 4) is 11.4 Å². The van der Waals surface area contributed by atoms with Crippen molar-refractivity contribution in [2.45, 2.75) is 20.4 Å². The number of pyridine rings is 2. The molecule has 0 saturated carbocycles. The van der Waals surface area contributed by atoms with Crippen molar-refractivity contribution in [1.82, 2.24) is 25.1 Å². The Bertz CT molecular complexity index is 1160. The van der Waals surface area contributed by atoms with Crippen LogP contribution in [-0.2, 0) is 13.6 Å². The highest BCUT2D eigenvalue weighted by atomic mass is 16.1. The van der Waals surface area contributed by atoms with Crippen molar-refractivity contribution >= 4 is 16.8 Å². The molecule has 0 spiro atoms. The molecule has 0 saturated heterocycles. The maximum atomic E-state index is 13.1. The number of hydrogen-bond acceptors (Lipinski definition) is 4. The summed E-state index contributed by atoms with van der Waals surface area (Å²) in [5.74, 6) is -0.140. The highest BCUT2D eigenvalue weighted by Crippen LogP contribution is 2.24. The molecular formula is C22H21N5O. The molecule has 1 N–H and O–H groups in total. The molecule has 0 aliphatic rings. The van der Waals surface area contributed by atoms with Gasteiger partial charge in [0.15, 0.2) is 0 Å². The second-order valence-corrected chi connectivity index (χ2v) is 6.74. The minimum absolute atomic E-state index is 0.140. The van der Waals surface area contributed by atoms with Gasteiger partial charge in [0.05, 0.1) is 28.2 Å². The summed E-state index contributed by atoms with van der Waals surface area (Å²) in [4.78, 5) is 22.1. The lowest BCUT2D eigenvalue weighted by atomic mass is 10.1. The van der Waals surface area contributed by atoms with E-state index in [2.05, 4.69) is 20.4 Å². The van der Waals surface area contributed by atoms with Crippen molar-refractivity contribution in [3.05, 3.63) is 77.2 Å². The number of fused-ring (bicyclic) bond motifs is 1. The fraction of sp³-hybridized carbons (Fsp3) is 0.182. The fourth-order valence-corrected chi connectivity index (χ4v) is 3.35. The summed E-state index contributed by atoms with van der Waals surface area (Å²) >= 11 is 0. The molecule has 6 nitrogen and oxygen atoms in total. The third-order valence-electron chi connectivity index (χ3n) is 4.97. The Morgan fingerprint density at radius 3 is 2.57 bits per heavy atom. The van der Waals surface area contributed by atoms with Gasteiger partial charge < -0.3 is 5.32 Å². The van der Waals surface area contributed by atoms with E-state index in [0.717, 1.165) is 33.5 Å². The molecule has 3 heterocycles. The quantitative estimate of drug-likeness (QED) is 0.595. The maximum Gasteiger partial charge on any atom is 0.252 e. The van der Waals surface area contributed by atoms with Gasteiger partial charge in [-0.25, -0.2) is 4.98 Å². The summed E-state index contributed by atoms with van der Waals surface area (Å²) < 4.78 is 1.83. The van der Waals surface area contributed by atoms with Crippen molar-refractivity contribution in [2.24, 2.45) is 7.05 Å². The largest absolute Gasteiger partial charge is 0.348 e. The Kier molecular flexibility index (Phi) is 4.61. The molecule has 3 aromatic heterocycles. The normalized spacial score (nSPS) is 11.0. The highest BCUT2D eigenvalue weighted by molar-refractivity contribution is 6.07. The molecular weight excluding hydrogens is 350 g/mol. The third kappa shape index (κ3) is 3.24. The Hall–Kier alpha value is -3.54. The van der Waals surface area contributed by atoms with E-state index >= 15 is 0 Å². The van der Waals surface area contributed by atoms with Crippen LogP contribution in [0.3, 0.4) is 0 Å². The predicted octanol–water partition coefficient (Wildman–Crippen LogP) is 3.58. The number of para-hydroxylation sites is 1. The van der Waals surface area contributed by atoms with Crippen LogP contribution in [0.4, 0.5) is 0 Å². The van der Waals surface area contributed by atoms with Crippen LogP contribution in [0.2, 0.25) is 0 Å². The number of amides is 1. The van der Waals surface area contributed by atoms with Gasteiger partial charge in [0.1, 0.15) is 0 Å². The first-order chi connectivity index (χ1) is 13.5. The lowest BCUT2D eigenvalue weighted by molar-refractivity contribution is 0.0952. The molecule has 4 rings (SSSR count). The molecule has 0 aliphatic heterocycles. The van der Waals surface area contributed by atoms with Crippen LogP contribution < -0.4 is 5.32 Å². The van der Waals surface area contributed by atoms with Gasteiger partial charge in [-0.05, 0) is 38.1 Å². The van der Waals surface area contributed by atoms with E-state index in [1.165, 1.54) is 0 Å². The molecule has 28 heavy (non-hydrogen) atoms. The van der Waals surface area contributed by atoms with Gasteiger partial charge in [0, 0.05) is 36.4 Å². The van der Waals surface area contributed by atoms with Crippen molar-refractivity contribution < 1.29 is 4.79 Å². The summed E-state index contributed by atoms with van der Waals surface area (Å²) in [6.45, 7) is 4.39. The van der Waals surface area contributed by atoms with Crippen molar-refractivity contribution in [2.75, 3.05) is 0 Å². The van der Waals surface area contributed by atoms with Gasteiger partial charge in [-0.3, -0.25) is 14.5 Å². The second-order valence-electron chi connectivity index (χ2n) is 6.74. The van der Waals surface area contributed by atoms with Crippen LogP contribution in [0.1, 0.15) is 27.3 Å². The van der Waals surface area contributed by atoms with Gasteiger partial charge in [-0.1, -0.05) is 24.3 Å². The molecule has 4 aromatic rings. The summed E-state index contributed by atoms with van der Waals surface area (Å²) in [5.41, 5.74) is 5.79. The Morgan fingerprint density at radius 2 is 1.86 bits per heavy atom. The minimum atomic E-state index is -0.140. The van der Waals surface area contributed by atoms with Crippen LogP contribution in [0.25, 0.3) is 22.3 Å². The number of nitrogens with zero attached hydrogens (tertiary/aromatic N) is 4. The topological polar surface area (TPSA) is 72.7 Å². The van der Waals surface area contributed by atoms with E-state index < -0.39 is 0 Å². The zero-order valence-corrected chi connectivity index (χ0v) is 16.1. The average Bonchev–Trinajstić information content (AvgIpc) is 2.97. The van der Waals surface area contributed by atoms with Crippen LogP contribution in [0.15, 0.2) is 54.7 Å². The molecule has 0 fully saturated rings.